The van der Waals surface area contributed by atoms with E-state index in [9.17, 15) is 9.18 Å². The highest BCUT2D eigenvalue weighted by atomic mass is 35.5. The Bertz CT molecular complexity index is 905. The van der Waals surface area contributed by atoms with Crippen LogP contribution in [0.15, 0.2) is 24.3 Å². The van der Waals surface area contributed by atoms with Crippen molar-refractivity contribution in [2.45, 2.75) is 58.8 Å². The molecule has 0 aliphatic heterocycles. The first-order valence-electron chi connectivity index (χ1n) is 9.78. The third-order valence-corrected chi connectivity index (χ3v) is 5.69. The number of halogens is 3. The van der Waals surface area contributed by atoms with Crippen LogP contribution >= 0.6 is 23.5 Å². The number of esters is 1. The largest absolute Gasteiger partial charge is 0.466 e. The minimum atomic E-state index is -0.646. The first kappa shape index (κ1) is 24.6. The highest BCUT2D eigenvalue weighted by Gasteiger charge is 2.25. The number of benzene rings is 2. The molecule has 0 unspecified atom stereocenters. The number of carbonyl (C=O) groups excluding carboxylic acids is 1. The van der Waals surface area contributed by atoms with Gasteiger partial charge in [0.15, 0.2) is 0 Å². The zero-order valence-corrected chi connectivity index (χ0v) is 19.7. The second-order valence-corrected chi connectivity index (χ2v) is 10.2. The van der Waals surface area contributed by atoms with E-state index in [1.165, 1.54) is 30.1 Å². The van der Waals surface area contributed by atoms with Crippen LogP contribution in [-0.4, -0.2) is 17.3 Å². The van der Waals surface area contributed by atoms with Gasteiger partial charge in [0.2, 0.25) is 0 Å². The molecule has 0 saturated heterocycles. The van der Waals surface area contributed by atoms with Crippen molar-refractivity contribution in [2.24, 2.45) is 0 Å². The van der Waals surface area contributed by atoms with Crippen molar-refractivity contribution in [3.05, 3.63) is 57.6 Å². The van der Waals surface area contributed by atoms with Crippen LogP contribution < -0.4 is 4.72 Å². The van der Waals surface area contributed by atoms with Gasteiger partial charge in [0.25, 0.3) is 0 Å². The van der Waals surface area contributed by atoms with Gasteiger partial charge in [0.05, 0.1) is 24.1 Å². The van der Waals surface area contributed by atoms with Gasteiger partial charge in [0.1, 0.15) is 11.6 Å². The molecule has 0 heterocycles. The Kier molecular flexibility index (Phi) is 8.31. The number of hydrogen-bond acceptors (Lipinski definition) is 4. The summed E-state index contributed by atoms with van der Waals surface area (Å²) in [6.45, 7) is 11.6. The summed E-state index contributed by atoms with van der Waals surface area (Å²) in [7, 11) is 0. The van der Waals surface area contributed by atoms with Gasteiger partial charge in [-0.2, -0.15) is 0 Å². The smallest absolute Gasteiger partial charge is 0.307 e. The maximum Gasteiger partial charge on any atom is 0.307 e. The molecule has 0 spiro atoms. The number of ether oxygens (including phenoxy) is 1. The molecule has 1 N–H and O–H groups in total. The number of hydrogen-bond donors (Lipinski definition) is 1. The number of carbonyl (C=O) groups is 1. The van der Waals surface area contributed by atoms with Crippen molar-refractivity contribution in [2.75, 3.05) is 6.61 Å². The molecule has 30 heavy (non-hydrogen) atoms. The van der Waals surface area contributed by atoms with Crippen molar-refractivity contribution in [3.63, 3.8) is 0 Å². The van der Waals surface area contributed by atoms with Gasteiger partial charge in [-0.1, -0.05) is 23.5 Å². The summed E-state index contributed by atoms with van der Waals surface area (Å²) in [6, 6.07) is 5.43. The standard InChI is InChI=1S/C23H28ClF2NO2S/c1-7-29-20(28)12-19(27-30-23(4,5)6)17-10-15(11-18(24)22(17)26)21-13(2)8-16(25)9-14(21)3/h8-11,19,27H,7,12H2,1-6H3/t19-/m0/s1. The highest BCUT2D eigenvalue weighted by Crippen LogP contribution is 2.36. The average Bonchev–Trinajstić information content (AvgIpc) is 2.60. The minimum Gasteiger partial charge on any atom is -0.466 e. The molecule has 2 aromatic rings. The molecule has 0 aliphatic rings. The molecule has 7 heteroatoms. The van der Waals surface area contributed by atoms with Crippen LogP contribution in [0, 0.1) is 25.5 Å². The predicted octanol–water partition coefficient (Wildman–Crippen LogP) is 6.93. The Balaban J connectivity index is 2.56. The van der Waals surface area contributed by atoms with E-state index < -0.39 is 17.8 Å². The second kappa shape index (κ2) is 10.1. The van der Waals surface area contributed by atoms with Gasteiger partial charge in [-0.15, -0.1) is 0 Å². The fourth-order valence-electron chi connectivity index (χ4n) is 3.22. The summed E-state index contributed by atoms with van der Waals surface area (Å²) < 4.78 is 37.0. The van der Waals surface area contributed by atoms with Gasteiger partial charge in [-0.3, -0.25) is 9.52 Å². The molecule has 164 valence electrons. The zero-order chi connectivity index (χ0) is 22.6. The monoisotopic (exact) mass is 455 g/mol. The first-order valence-corrected chi connectivity index (χ1v) is 11.0. The van der Waals surface area contributed by atoms with E-state index in [1.54, 1.807) is 26.8 Å². The van der Waals surface area contributed by atoms with Gasteiger partial charge in [-0.25, -0.2) is 8.78 Å². The summed E-state index contributed by atoms with van der Waals surface area (Å²) in [5, 5.41) is -0.0537. The molecule has 3 nitrogen and oxygen atoms in total. The van der Waals surface area contributed by atoms with Crippen LogP contribution in [0.1, 0.15) is 56.8 Å². The Morgan fingerprint density at radius 2 is 1.77 bits per heavy atom. The van der Waals surface area contributed by atoms with Gasteiger partial charge < -0.3 is 4.74 Å². The van der Waals surface area contributed by atoms with E-state index in [0.29, 0.717) is 5.56 Å². The summed E-state index contributed by atoms with van der Waals surface area (Å²) in [6.07, 6.45) is -0.0466. The SMILES string of the molecule is CCOC(=O)C[C@H](NSC(C)(C)C)c1cc(-c2c(C)cc(F)cc2C)cc(Cl)c1F. The zero-order valence-electron chi connectivity index (χ0n) is 18.2. The third-order valence-electron chi connectivity index (χ3n) is 4.40. The molecule has 1 atom stereocenters. The molecule has 0 saturated carbocycles. The van der Waals surface area contributed by atoms with Crippen LogP contribution in [-0.2, 0) is 9.53 Å². The number of nitrogens with one attached hydrogen (secondary N) is 1. The van der Waals surface area contributed by atoms with Crippen molar-refractivity contribution in [3.8, 4) is 11.1 Å². The predicted molar refractivity (Wildman–Crippen MR) is 121 cm³/mol. The van der Waals surface area contributed by atoms with E-state index in [2.05, 4.69) is 4.72 Å². The highest BCUT2D eigenvalue weighted by molar-refractivity contribution is 7.98. The lowest BCUT2D eigenvalue weighted by Gasteiger charge is -2.25. The minimum absolute atomic E-state index is 0.0466. The maximum atomic E-state index is 15.1. The van der Waals surface area contributed by atoms with Crippen LogP contribution in [0.25, 0.3) is 11.1 Å². The summed E-state index contributed by atoms with van der Waals surface area (Å²) in [5.74, 6) is -1.35. The summed E-state index contributed by atoms with van der Waals surface area (Å²) in [5.41, 5.74) is 3.17. The molecular formula is C23H28ClF2NO2S. The Morgan fingerprint density at radius 3 is 2.30 bits per heavy atom. The topological polar surface area (TPSA) is 38.3 Å². The Labute approximate surface area is 186 Å². The van der Waals surface area contributed by atoms with Crippen LogP contribution in [0.5, 0.6) is 0 Å². The molecule has 2 rings (SSSR count). The van der Waals surface area contributed by atoms with E-state index in [4.69, 9.17) is 16.3 Å². The molecular weight excluding hydrogens is 428 g/mol. The summed E-state index contributed by atoms with van der Waals surface area (Å²) >= 11 is 7.64. The Morgan fingerprint density at radius 1 is 1.17 bits per heavy atom. The third kappa shape index (κ3) is 6.43. The molecule has 0 aliphatic carbocycles. The van der Waals surface area contributed by atoms with Crippen molar-refractivity contribution in [1.29, 1.82) is 0 Å². The number of rotatable bonds is 7. The van der Waals surface area contributed by atoms with E-state index in [1.807, 2.05) is 20.8 Å². The van der Waals surface area contributed by atoms with E-state index >= 15 is 4.39 Å². The number of aryl methyl sites for hydroxylation is 2. The normalized spacial score (nSPS) is 12.7. The fourth-order valence-corrected chi connectivity index (χ4v) is 4.16. The lowest BCUT2D eigenvalue weighted by Crippen LogP contribution is -2.25. The van der Waals surface area contributed by atoms with Crippen molar-refractivity contribution < 1.29 is 18.3 Å². The second-order valence-electron chi connectivity index (χ2n) is 8.17. The lowest BCUT2D eigenvalue weighted by molar-refractivity contribution is -0.143. The molecule has 0 fully saturated rings. The maximum absolute atomic E-state index is 15.1. The van der Waals surface area contributed by atoms with E-state index in [0.717, 1.165) is 16.7 Å². The molecule has 0 radical (unpaired) electrons. The lowest BCUT2D eigenvalue weighted by atomic mass is 9.92. The molecule has 0 bridgehead atoms. The average molecular weight is 456 g/mol. The Hall–Kier alpha value is -1.63. The van der Waals surface area contributed by atoms with Crippen LogP contribution in [0.2, 0.25) is 5.02 Å². The molecule has 0 amide bonds. The van der Waals surface area contributed by atoms with E-state index in [-0.39, 0.29) is 34.2 Å². The van der Waals surface area contributed by atoms with Crippen molar-refractivity contribution in [1.82, 2.24) is 4.72 Å². The quantitative estimate of drug-likeness (QED) is 0.362. The fraction of sp³-hybridized carbons (Fsp3) is 0.435. The van der Waals surface area contributed by atoms with Crippen LogP contribution in [0.3, 0.4) is 0 Å². The molecule has 2 aromatic carbocycles. The van der Waals surface area contributed by atoms with Gasteiger partial charge >= 0.3 is 5.97 Å². The van der Waals surface area contributed by atoms with Crippen LogP contribution in [0.4, 0.5) is 8.78 Å². The van der Waals surface area contributed by atoms with Crippen molar-refractivity contribution >= 4 is 29.5 Å². The molecule has 0 aromatic heterocycles. The van der Waals surface area contributed by atoms with Gasteiger partial charge in [0, 0.05) is 10.3 Å². The first-order chi connectivity index (χ1) is 13.9. The summed E-state index contributed by atoms with van der Waals surface area (Å²) in [4.78, 5) is 12.2. The van der Waals surface area contributed by atoms with Gasteiger partial charge in [-0.05, 0) is 88.1 Å².